The van der Waals surface area contributed by atoms with Crippen molar-refractivity contribution in [2.75, 3.05) is 7.11 Å². The molecule has 0 fully saturated rings. The Morgan fingerprint density at radius 1 is 1.41 bits per heavy atom. The van der Waals surface area contributed by atoms with Gasteiger partial charge in [-0.1, -0.05) is 35.0 Å². The van der Waals surface area contributed by atoms with Crippen molar-refractivity contribution in [3.05, 3.63) is 29.8 Å². The van der Waals surface area contributed by atoms with Crippen LogP contribution >= 0.6 is 15.9 Å². The van der Waals surface area contributed by atoms with Gasteiger partial charge < -0.3 is 10.1 Å². The Hall–Kier alpha value is -1.03. The molecule has 0 heterocycles. The third-order valence-electron chi connectivity index (χ3n) is 2.60. The summed E-state index contributed by atoms with van der Waals surface area (Å²) in [4.78, 5) is 11.5. The summed E-state index contributed by atoms with van der Waals surface area (Å²) in [6.45, 7) is 3.87. The van der Waals surface area contributed by atoms with Crippen LogP contribution in [0.4, 0.5) is 0 Å². The van der Waals surface area contributed by atoms with Gasteiger partial charge in [-0.25, -0.2) is 0 Å². The molecule has 0 saturated heterocycles. The highest BCUT2D eigenvalue weighted by molar-refractivity contribution is 9.10. The number of hydrogen-bond donors (Lipinski definition) is 1. The maximum atomic E-state index is 11.6. The Kier molecular flexibility index (Phi) is 5.48. The summed E-state index contributed by atoms with van der Waals surface area (Å²) in [7, 11) is 1.64. The molecule has 3 nitrogen and oxygen atoms in total. The van der Waals surface area contributed by atoms with E-state index in [2.05, 4.69) is 21.2 Å². The van der Waals surface area contributed by atoms with Crippen molar-refractivity contribution in [2.45, 2.75) is 31.1 Å². The van der Waals surface area contributed by atoms with Gasteiger partial charge in [-0.2, -0.15) is 0 Å². The fourth-order valence-corrected chi connectivity index (χ4v) is 1.68. The minimum atomic E-state index is -0.171. The van der Waals surface area contributed by atoms with Crippen LogP contribution in [0.25, 0.3) is 0 Å². The Balaban J connectivity index is 2.75. The quantitative estimate of drug-likeness (QED) is 0.849. The molecule has 0 spiro atoms. The van der Waals surface area contributed by atoms with Gasteiger partial charge >= 0.3 is 0 Å². The first-order valence-electron chi connectivity index (χ1n) is 5.66. The number of alkyl halides is 1. The van der Waals surface area contributed by atoms with E-state index in [1.807, 2.05) is 38.1 Å². The lowest BCUT2D eigenvalue weighted by molar-refractivity contribution is -0.120. The van der Waals surface area contributed by atoms with Crippen LogP contribution in [0.2, 0.25) is 0 Å². The number of carbonyl (C=O) groups excluding carboxylic acids is 1. The molecule has 17 heavy (non-hydrogen) atoms. The number of rotatable bonds is 5. The van der Waals surface area contributed by atoms with E-state index in [-0.39, 0.29) is 16.8 Å². The molecule has 1 amide bonds. The average Bonchev–Trinajstić information content (AvgIpc) is 2.35. The molecule has 0 radical (unpaired) electrons. The van der Waals surface area contributed by atoms with E-state index in [0.29, 0.717) is 0 Å². The highest BCUT2D eigenvalue weighted by Gasteiger charge is 2.15. The summed E-state index contributed by atoms with van der Waals surface area (Å²) >= 11 is 3.26. The third-order valence-corrected chi connectivity index (χ3v) is 3.02. The molecular formula is C13H18BrNO2. The van der Waals surface area contributed by atoms with E-state index >= 15 is 0 Å². The maximum Gasteiger partial charge on any atom is 0.233 e. The van der Waals surface area contributed by atoms with Gasteiger partial charge in [0.2, 0.25) is 5.91 Å². The normalized spacial score (nSPS) is 13.9. The predicted molar refractivity (Wildman–Crippen MR) is 72.6 cm³/mol. The Morgan fingerprint density at radius 3 is 2.41 bits per heavy atom. The average molecular weight is 300 g/mol. The topological polar surface area (TPSA) is 38.3 Å². The van der Waals surface area contributed by atoms with E-state index < -0.39 is 0 Å². The van der Waals surface area contributed by atoms with Gasteiger partial charge in [0.15, 0.2) is 0 Å². The minimum Gasteiger partial charge on any atom is -0.497 e. The molecule has 0 bridgehead atoms. The molecule has 4 heteroatoms. The molecule has 0 aliphatic carbocycles. The second-order valence-electron chi connectivity index (χ2n) is 3.86. The highest BCUT2D eigenvalue weighted by atomic mass is 79.9. The number of hydrogen-bond acceptors (Lipinski definition) is 2. The number of carbonyl (C=O) groups is 1. The fraction of sp³-hybridized carbons (Fsp3) is 0.462. The Labute approximate surface area is 111 Å². The lowest BCUT2D eigenvalue weighted by atomic mass is 10.0. The first-order valence-corrected chi connectivity index (χ1v) is 6.58. The zero-order valence-electron chi connectivity index (χ0n) is 10.4. The van der Waals surface area contributed by atoms with Gasteiger partial charge in [0.1, 0.15) is 5.75 Å². The number of methoxy groups -OCH3 is 1. The summed E-state index contributed by atoms with van der Waals surface area (Å²) < 4.78 is 5.11. The van der Waals surface area contributed by atoms with Crippen molar-refractivity contribution in [3.63, 3.8) is 0 Å². The summed E-state index contributed by atoms with van der Waals surface area (Å²) in [6.07, 6.45) is 0.859. The Bertz CT molecular complexity index is 362. The Morgan fingerprint density at radius 2 is 2.00 bits per heavy atom. The largest absolute Gasteiger partial charge is 0.497 e. The number of halogens is 1. The SMILES string of the molecule is CCC(NC(=O)C(C)Br)c1ccc(OC)cc1. The van der Waals surface area contributed by atoms with Crippen LogP contribution in [-0.4, -0.2) is 17.8 Å². The van der Waals surface area contributed by atoms with Crippen molar-refractivity contribution >= 4 is 21.8 Å². The minimum absolute atomic E-state index is 0.00710. The lowest BCUT2D eigenvalue weighted by Crippen LogP contribution is -2.32. The molecular weight excluding hydrogens is 282 g/mol. The summed E-state index contributed by atoms with van der Waals surface area (Å²) in [5, 5.41) is 2.99. The van der Waals surface area contributed by atoms with Gasteiger partial charge in [-0.15, -0.1) is 0 Å². The molecule has 0 aliphatic heterocycles. The molecule has 0 aliphatic rings. The maximum absolute atomic E-state index is 11.6. The van der Waals surface area contributed by atoms with Gasteiger partial charge in [0.05, 0.1) is 18.0 Å². The number of ether oxygens (including phenoxy) is 1. The molecule has 0 aromatic heterocycles. The van der Waals surface area contributed by atoms with Crippen molar-refractivity contribution in [3.8, 4) is 5.75 Å². The number of benzene rings is 1. The second-order valence-corrected chi connectivity index (χ2v) is 5.23. The monoisotopic (exact) mass is 299 g/mol. The van der Waals surface area contributed by atoms with Crippen LogP contribution in [-0.2, 0) is 4.79 Å². The van der Waals surface area contributed by atoms with Crippen molar-refractivity contribution in [1.29, 1.82) is 0 Å². The second kappa shape index (κ2) is 6.64. The van der Waals surface area contributed by atoms with Gasteiger partial charge in [0, 0.05) is 0 Å². The first kappa shape index (κ1) is 14.0. The zero-order chi connectivity index (χ0) is 12.8. The van der Waals surface area contributed by atoms with Crippen LogP contribution < -0.4 is 10.1 Å². The predicted octanol–water partition coefficient (Wildman–Crippen LogP) is 3.05. The van der Waals surface area contributed by atoms with Crippen LogP contribution in [0, 0.1) is 0 Å². The van der Waals surface area contributed by atoms with Crippen molar-refractivity contribution in [2.24, 2.45) is 0 Å². The molecule has 2 atom stereocenters. The molecule has 2 unspecified atom stereocenters. The summed E-state index contributed by atoms with van der Waals surface area (Å²) in [5.41, 5.74) is 1.09. The molecule has 1 aromatic rings. The lowest BCUT2D eigenvalue weighted by Gasteiger charge is -2.18. The van der Waals surface area contributed by atoms with E-state index in [1.54, 1.807) is 7.11 Å². The molecule has 1 N–H and O–H groups in total. The zero-order valence-corrected chi connectivity index (χ0v) is 12.0. The van der Waals surface area contributed by atoms with Crippen LogP contribution in [0.3, 0.4) is 0 Å². The van der Waals surface area contributed by atoms with E-state index in [0.717, 1.165) is 17.7 Å². The van der Waals surface area contributed by atoms with E-state index in [4.69, 9.17) is 4.74 Å². The number of amides is 1. The fourth-order valence-electron chi connectivity index (χ4n) is 1.54. The van der Waals surface area contributed by atoms with Crippen molar-refractivity contribution in [1.82, 2.24) is 5.32 Å². The molecule has 0 saturated carbocycles. The molecule has 1 aromatic carbocycles. The standard InChI is InChI=1S/C13H18BrNO2/c1-4-12(15-13(16)9(2)14)10-5-7-11(17-3)8-6-10/h5-9,12H,4H2,1-3H3,(H,15,16). The van der Waals surface area contributed by atoms with Gasteiger partial charge in [0.25, 0.3) is 0 Å². The van der Waals surface area contributed by atoms with Crippen LogP contribution in [0.5, 0.6) is 5.75 Å². The van der Waals surface area contributed by atoms with Crippen molar-refractivity contribution < 1.29 is 9.53 Å². The van der Waals surface area contributed by atoms with Gasteiger partial charge in [-0.3, -0.25) is 4.79 Å². The number of nitrogens with one attached hydrogen (secondary N) is 1. The van der Waals surface area contributed by atoms with Crippen LogP contribution in [0.1, 0.15) is 31.9 Å². The molecule has 94 valence electrons. The van der Waals surface area contributed by atoms with E-state index in [1.165, 1.54) is 0 Å². The smallest absolute Gasteiger partial charge is 0.233 e. The van der Waals surface area contributed by atoms with E-state index in [9.17, 15) is 4.79 Å². The summed E-state index contributed by atoms with van der Waals surface area (Å²) in [6, 6.07) is 7.82. The first-order chi connectivity index (χ1) is 8.08. The third kappa shape index (κ3) is 4.04. The van der Waals surface area contributed by atoms with Gasteiger partial charge in [-0.05, 0) is 31.0 Å². The molecule has 1 rings (SSSR count). The summed E-state index contributed by atoms with van der Waals surface area (Å²) in [5.74, 6) is 0.830. The van der Waals surface area contributed by atoms with Crippen LogP contribution in [0.15, 0.2) is 24.3 Å². The highest BCUT2D eigenvalue weighted by Crippen LogP contribution is 2.20.